The molecular formula is C17H19F3N2O2. The number of hydrogen-bond donors (Lipinski definition) is 1. The van der Waals surface area contributed by atoms with Crippen LogP contribution in [0.1, 0.15) is 24.8 Å². The summed E-state index contributed by atoms with van der Waals surface area (Å²) in [6.45, 7) is -0.994. The third kappa shape index (κ3) is 3.71. The summed E-state index contributed by atoms with van der Waals surface area (Å²) in [5.74, 6) is -1.65. The van der Waals surface area contributed by atoms with E-state index in [4.69, 9.17) is 0 Å². The lowest BCUT2D eigenvalue weighted by atomic mass is 9.95. The minimum absolute atomic E-state index is 0.0643. The molecule has 0 radical (unpaired) electrons. The van der Waals surface area contributed by atoms with Crippen molar-refractivity contribution in [1.82, 2.24) is 10.2 Å². The van der Waals surface area contributed by atoms with Crippen molar-refractivity contribution in [2.45, 2.75) is 30.9 Å². The fraction of sp³-hybridized carbons (Fsp3) is 0.529. The SMILES string of the molecule is O=C(NCC1(c2ccccc2)CC1)[C@@H]1CC(=O)N(CC(F)(F)F)C1. The highest BCUT2D eigenvalue weighted by Gasteiger charge is 2.45. The summed E-state index contributed by atoms with van der Waals surface area (Å²) in [5.41, 5.74) is 1.09. The molecular weight excluding hydrogens is 321 g/mol. The molecule has 2 fully saturated rings. The van der Waals surface area contributed by atoms with E-state index in [1.54, 1.807) is 0 Å². The number of hydrogen-bond acceptors (Lipinski definition) is 2. The first-order chi connectivity index (χ1) is 11.3. The minimum atomic E-state index is -4.44. The first kappa shape index (κ1) is 16.8. The number of amides is 2. The molecule has 7 heteroatoms. The number of alkyl halides is 3. The summed E-state index contributed by atoms with van der Waals surface area (Å²) in [5, 5.41) is 2.83. The predicted octanol–water partition coefficient (Wildman–Crippen LogP) is 2.25. The number of benzene rings is 1. The van der Waals surface area contributed by atoms with Gasteiger partial charge in [-0.15, -0.1) is 0 Å². The average Bonchev–Trinajstić information content (AvgIpc) is 3.24. The maximum absolute atomic E-state index is 12.4. The topological polar surface area (TPSA) is 49.4 Å². The van der Waals surface area contributed by atoms with E-state index < -0.39 is 24.5 Å². The smallest absolute Gasteiger partial charge is 0.355 e. The molecule has 1 saturated carbocycles. The number of halogens is 3. The zero-order chi connectivity index (χ0) is 17.4. The molecule has 1 aromatic rings. The molecule has 1 aromatic carbocycles. The van der Waals surface area contributed by atoms with Crippen molar-refractivity contribution < 1.29 is 22.8 Å². The van der Waals surface area contributed by atoms with Gasteiger partial charge in [-0.3, -0.25) is 9.59 Å². The fourth-order valence-electron chi connectivity index (χ4n) is 3.23. The Morgan fingerprint density at radius 3 is 2.50 bits per heavy atom. The summed E-state index contributed by atoms with van der Waals surface area (Å²) < 4.78 is 37.2. The van der Waals surface area contributed by atoms with Gasteiger partial charge in [-0.2, -0.15) is 13.2 Å². The van der Waals surface area contributed by atoms with Crippen LogP contribution in [0.5, 0.6) is 0 Å². The van der Waals surface area contributed by atoms with Gasteiger partial charge in [-0.05, 0) is 18.4 Å². The van der Waals surface area contributed by atoms with Gasteiger partial charge in [-0.1, -0.05) is 30.3 Å². The number of rotatable bonds is 5. The van der Waals surface area contributed by atoms with E-state index in [1.165, 1.54) is 0 Å². The summed E-state index contributed by atoms with van der Waals surface area (Å²) in [4.78, 5) is 24.6. The van der Waals surface area contributed by atoms with E-state index in [0.717, 1.165) is 18.4 Å². The van der Waals surface area contributed by atoms with Gasteiger partial charge in [-0.25, -0.2) is 0 Å². The number of carbonyl (C=O) groups is 2. The third-order valence-electron chi connectivity index (χ3n) is 4.80. The fourth-order valence-corrected chi connectivity index (χ4v) is 3.23. The van der Waals surface area contributed by atoms with E-state index >= 15 is 0 Å². The van der Waals surface area contributed by atoms with Crippen LogP contribution in [0.4, 0.5) is 13.2 Å². The van der Waals surface area contributed by atoms with Crippen LogP contribution in [0.25, 0.3) is 0 Å². The summed E-state index contributed by atoms with van der Waals surface area (Å²) in [6, 6.07) is 9.86. The Balaban J connectivity index is 1.54. The number of nitrogens with one attached hydrogen (secondary N) is 1. The van der Waals surface area contributed by atoms with Crippen LogP contribution >= 0.6 is 0 Å². The van der Waals surface area contributed by atoms with Crippen molar-refractivity contribution in [3.05, 3.63) is 35.9 Å². The van der Waals surface area contributed by atoms with E-state index in [2.05, 4.69) is 5.32 Å². The van der Waals surface area contributed by atoms with Gasteiger partial charge in [0, 0.05) is 24.9 Å². The van der Waals surface area contributed by atoms with Gasteiger partial charge in [0.05, 0.1) is 5.92 Å². The van der Waals surface area contributed by atoms with Crippen molar-refractivity contribution in [1.29, 1.82) is 0 Å². The Kier molecular flexibility index (Phi) is 4.27. The second kappa shape index (κ2) is 6.11. The van der Waals surface area contributed by atoms with Crippen molar-refractivity contribution in [3.63, 3.8) is 0 Å². The highest BCUT2D eigenvalue weighted by molar-refractivity contribution is 5.89. The van der Waals surface area contributed by atoms with E-state index in [1.807, 2.05) is 30.3 Å². The molecule has 4 nitrogen and oxygen atoms in total. The normalized spacial score (nSPS) is 22.5. The Bertz CT molecular complexity index is 626. The second-order valence-corrected chi connectivity index (χ2v) is 6.65. The minimum Gasteiger partial charge on any atom is -0.355 e. The Hall–Kier alpha value is -2.05. The maximum atomic E-state index is 12.4. The molecule has 1 saturated heterocycles. The number of carbonyl (C=O) groups excluding carboxylic acids is 2. The molecule has 1 aliphatic heterocycles. The van der Waals surface area contributed by atoms with Crippen LogP contribution in [-0.4, -0.2) is 42.5 Å². The van der Waals surface area contributed by atoms with Gasteiger partial charge >= 0.3 is 6.18 Å². The van der Waals surface area contributed by atoms with Gasteiger partial charge in [0.25, 0.3) is 0 Å². The summed E-state index contributed by atoms with van der Waals surface area (Å²) in [7, 11) is 0. The first-order valence-corrected chi connectivity index (χ1v) is 7.97. The molecule has 1 atom stereocenters. The lowest BCUT2D eigenvalue weighted by Gasteiger charge is -2.20. The standard InChI is InChI=1S/C17H19F3N2O2/c18-17(19,20)11-22-9-12(8-14(22)23)15(24)21-10-16(6-7-16)13-4-2-1-3-5-13/h1-5,12H,6-11H2,(H,21,24)/t12-/m1/s1. The lowest BCUT2D eigenvalue weighted by Crippen LogP contribution is -2.39. The molecule has 0 aromatic heterocycles. The zero-order valence-corrected chi connectivity index (χ0v) is 13.1. The number of likely N-dealkylation sites (tertiary alicyclic amines) is 1. The molecule has 0 spiro atoms. The van der Waals surface area contributed by atoms with Crippen LogP contribution in [-0.2, 0) is 15.0 Å². The molecule has 1 N–H and O–H groups in total. The molecule has 3 rings (SSSR count). The third-order valence-corrected chi connectivity index (χ3v) is 4.80. The molecule has 0 bridgehead atoms. The predicted molar refractivity (Wildman–Crippen MR) is 81.1 cm³/mol. The largest absolute Gasteiger partial charge is 0.406 e. The van der Waals surface area contributed by atoms with Crippen LogP contribution in [0.2, 0.25) is 0 Å². The monoisotopic (exact) mass is 340 g/mol. The quantitative estimate of drug-likeness (QED) is 0.894. The van der Waals surface area contributed by atoms with Crippen molar-refractivity contribution >= 4 is 11.8 Å². The van der Waals surface area contributed by atoms with E-state index in [0.29, 0.717) is 11.4 Å². The van der Waals surface area contributed by atoms with Crippen LogP contribution in [0.3, 0.4) is 0 Å². The molecule has 1 aliphatic carbocycles. The molecule has 24 heavy (non-hydrogen) atoms. The van der Waals surface area contributed by atoms with Crippen molar-refractivity contribution in [3.8, 4) is 0 Å². The molecule has 2 amide bonds. The van der Waals surface area contributed by atoms with Crippen LogP contribution < -0.4 is 5.32 Å². The molecule has 0 unspecified atom stereocenters. The zero-order valence-electron chi connectivity index (χ0n) is 13.1. The molecule has 130 valence electrons. The van der Waals surface area contributed by atoms with Gasteiger partial charge in [0.1, 0.15) is 6.54 Å². The van der Waals surface area contributed by atoms with Crippen molar-refractivity contribution in [2.75, 3.05) is 19.6 Å². The Labute approximate surface area is 138 Å². The Morgan fingerprint density at radius 1 is 1.25 bits per heavy atom. The first-order valence-electron chi connectivity index (χ1n) is 7.97. The number of nitrogens with zero attached hydrogens (tertiary/aromatic N) is 1. The van der Waals surface area contributed by atoms with Gasteiger partial charge in [0.2, 0.25) is 11.8 Å². The van der Waals surface area contributed by atoms with E-state index in [-0.39, 0.29) is 24.3 Å². The van der Waals surface area contributed by atoms with E-state index in [9.17, 15) is 22.8 Å². The van der Waals surface area contributed by atoms with Gasteiger partial charge < -0.3 is 10.2 Å². The Morgan fingerprint density at radius 2 is 1.92 bits per heavy atom. The highest BCUT2D eigenvalue weighted by Crippen LogP contribution is 2.47. The van der Waals surface area contributed by atoms with Gasteiger partial charge in [0.15, 0.2) is 0 Å². The molecule has 2 aliphatic rings. The van der Waals surface area contributed by atoms with Crippen LogP contribution in [0, 0.1) is 5.92 Å². The maximum Gasteiger partial charge on any atom is 0.406 e. The lowest BCUT2D eigenvalue weighted by molar-refractivity contribution is -0.157. The van der Waals surface area contributed by atoms with Crippen molar-refractivity contribution in [2.24, 2.45) is 5.92 Å². The highest BCUT2D eigenvalue weighted by atomic mass is 19.4. The summed E-state index contributed by atoms with van der Waals surface area (Å²) in [6.07, 6.45) is -2.64. The summed E-state index contributed by atoms with van der Waals surface area (Å²) >= 11 is 0. The second-order valence-electron chi connectivity index (χ2n) is 6.65. The average molecular weight is 340 g/mol. The van der Waals surface area contributed by atoms with Crippen LogP contribution in [0.15, 0.2) is 30.3 Å². The molecule has 1 heterocycles.